The van der Waals surface area contributed by atoms with E-state index in [9.17, 15) is 9.59 Å². The first-order valence-corrected chi connectivity index (χ1v) is 11.3. The number of Topliss-reactive ketones (excluding diaryl/α,β-unsaturated/α-hetero) is 1. The molecule has 0 amide bonds. The highest BCUT2D eigenvalue weighted by Gasteiger charge is 2.62. The second-order valence-corrected chi connectivity index (χ2v) is 10.9. The number of esters is 1. The molecule has 0 aromatic heterocycles. The fraction of sp³-hybridized carbons (Fsp3) is 0.840. The lowest BCUT2D eigenvalue weighted by Crippen LogP contribution is -2.56. The maximum Gasteiger partial charge on any atom is 0.304 e. The molecule has 154 valence electrons. The van der Waals surface area contributed by atoms with Crippen LogP contribution in [-0.4, -0.2) is 17.4 Å². The van der Waals surface area contributed by atoms with Gasteiger partial charge in [0.05, 0.1) is 0 Å². The highest BCUT2D eigenvalue weighted by atomic mass is 16.6. The van der Waals surface area contributed by atoms with Crippen molar-refractivity contribution in [3.8, 4) is 12.3 Å². The van der Waals surface area contributed by atoms with Gasteiger partial charge in [0.25, 0.3) is 0 Å². The summed E-state index contributed by atoms with van der Waals surface area (Å²) in [7, 11) is 0. The number of rotatable bonds is 2. The predicted molar refractivity (Wildman–Crippen MR) is 109 cm³/mol. The fourth-order valence-corrected chi connectivity index (χ4v) is 8.43. The van der Waals surface area contributed by atoms with Crippen LogP contribution >= 0.6 is 0 Å². The fourth-order valence-electron chi connectivity index (χ4n) is 8.43. The van der Waals surface area contributed by atoms with Crippen molar-refractivity contribution >= 4 is 11.8 Å². The Kier molecular flexibility index (Phi) is 4.72. The van der Waals surface area contributed by atoms with E-state index in [1.165, 1.54) is 39.0 Å². The van der Waals surface area contributed by atoms with E-state index < -0.39 is 5.60 Å². The van der Waals surface area contributed by atoms with Crippen LogP contribution in [0.15, 0.2) is 0 Å². The van der Waals surface area contributed by atoms with Gasteiger partial charge in [-0.15, -0.1) is 6.42 Å². The molecule has 8 atom stereocenters. The van der Waals surface area contributed by atoms with E-state index in [0.717, 1.165) is 37.5 Å². The van der Waals surface area contributed by atoms with Gasteiger partial charge in [0.2, 0.25) is 0 Å². The Balaban J connectivity index is 1.58. The topological polar surface area (TPSA) is 43.4 Å². The first kappa shape index (κ1) is 20.0. The normalized spacial score (nSPS) is 49.9. The maximum absolute atomic E-state index is 12.3. The predicted octanol–water partition coefficient (Wildman–Crippen LogP) is 5.17. The monoisotopic (exact) mass is 384 g/mol. The molecule has 28 heavy (non-hydrogen) atoms. The minimum Gasteiger partial charge on any atom is -0.446 e. The Bertz CT molecular complexity index is 720. The summed E-state index contributed by atoms with van der Waals surface area (Å²) in [6, 6.07) is 0. The van der Waals surface area contributed by atoms with Crippen LogP contribution in [0.4, 0.5) is 0 Å². The number of hydrogen-bond donors (Lipinski definition) is 0. The molecule has 4 aliphatic carbocycles. The van der Waals surface area contributed by atoms with Gasteiger partial charge in [-0.05, 0) is 92.8 Å². The molecule has 3 unspecified atom stereocenters. The third-order valence-electron chi connectivity index (χ3n) is 9.80. The summed E-state index contributed by atoms with van der Waals surface area (Å²) >= 11 is 0. The molecule has 3 heteroatoms. The second kappa shape index (κ2) is 6.61. The van der Waals surface area contributed by atoms with E-state index in [0.29, 0.717) is 23.0 Å². The average molecular weight is 385 g/mol. The first-order valence-electron chi connectivity index (χ1n) is 11.3. The summed E-state index contributed by atoms with van der Waals surface area (Å²) in [5.74, 6) is 5.97. The second-order valence-electron chi connectivity index (χ2n) is 10.9. The number of ketones is 1. The highest BCUT2D eigenvalue weighted by Crippen LogP contribution is 2.68. The largest absolute Gasteiger partial charge is 0.446 e. The summed E-state index contributed by atoms with van der Waals surface area (Å²) in [5.41, 5.74) is -0.191. The van der Waals surface area contributed by atoms with E-state index in [4.69, 9.17) is 11.2 Å². The lowest BCUT2D eigenvalue weighted by atomic mass is 9.44. The van der Waals surface area contributed by atoms with Gasteiger partial charge in [-0.25, -0.2) is 0 Å². The van der Waals surface area contributed by atoms with Crippen molar-refractivity contribution in [2.75, 3.05) is 0 Å². The van der Waals surface area contributed by atoms with E-state index in [2.05, 4.69) is 19.8 Å². The Hall–Kier alpha value is -1.30. The van der Waals surface area contributed by atoms with Crippen molar-refractivity contribution in [2.45, 2.75) is 91.1 Å². The smallest absolute Gasteiger partial charge is 0.304 e. The Morgan fingerprint density at radius 3 is 2.29 bits per heavy atom. The summed E-state index contributed by atoms with van der Waals surface area (Å²) in [5, 5.41) is 0. The van der Waals surface area contributed by atoms with Crippen molar-refractivity contribution in [3.05, 3.63) is 0 Å². The molecule has 0 spiro atoms. The zero-order valence-corrected chi connectivity index (χ0v) is 18.1. The molecule has 0 heterocycles. The number of ether oxygens (including phenoxy) is 1. The highest BCUT2D eigenvalue weighted by molar-refractivity contribution is 5.79. The van der Waals surface area contributed by atoms with Crippen molar-refractivity contribution in [1.82, 2.24) is 0 Å². The standard InChI is InChI=1S/C25H36O3/c1-6-25(28-17(3)27)14-13-23(4)18(15-25)7-8-19-21-10-9-20(16(2)26)24(21,5)12-11-22(19)23/h1,18-22H,7-15H2,2-5H3/t18-,19?,20+,21?,22?,23-,24+,25+/m0/s1. The number of carbonyl (C=O) groups is 2. The molecule has 0 N–H and O–H groups in total. The molecule has 0 aromatic carbocycles. The van der Waals surface area contributed by atoms with Crippen molar-refractivity contribution in [3.63, 3.8) is 0 Å². The van der Waals surface area contributed by atoms with Crippen LogP contribution in [-0.2, 0) is 14.3 Å². The van der Waals surface area contributed by atoms with E-state index >= 15 is 0 Å². The zero-order chi connectivity index (χ0) is 20.3. The van der Waals surface area contributed by atoms with E-state index in [1.807, 2.05) is 0 Å². The minimum atomic E-state index is -0.695. The van der Waals surface area contributed by atoms with Crippen LogP contribution in [0.5, 0.6) is 0 Å². The number of hydrogen-bond acceptors (Lipinski definition) is 3. The van der Waals surface area contributed by atoms with Gasteiger partial charge in [0, 0.05) is 19.3 Å². The zero-order valence-electron chi connectivity index (χ0n) is 18.1. The minimum absolute atomic E-state index is 0.213. The van der Waals surface area contributed by atoms with Crippen molar-refractivity contribution < 1.29 is 14.3 Å². The van der Waals surface area contributed by atoms with E-state index in [-0.39, 0.29) is 17.3 Å². The summed E-state index contributed by atoms with van der Waals surface area (Å²) in [6.07, 6.45) is 15.7. The molecule has 3 nitrogen and oxygen atoms in total. The lowest BCUT2D eigenvalue weighted by Gasteiger charge is -2.61. The van der Waals surface area contributed by atoms with Crippen LogP contribution in [0.1, 0.15) is 85.5 Å². The molecule has 0 radical (unpaired) electrons. The van der Waals surface area contributed by atoms with Crippen molar-refractivity contribution in [1.29, 1.82) is 0 Å². The molecule has 4 fully saturated rings. The third kappa shape index (κ3) is 2.78. The Morgan fingerprint density at radius 2 is 1.64 bits per heavy atom. The van der Waals surface area contributed by atoms with E-state index in [1.54, 1.807) is 6.92 Å². The van der Waals surface area contributed by atoms with Gasteiger partial charge in [-0.1, -0.05) is 19.8 Å². The van der Waals surface area contributed by atoms with Gasteiger partial charge < -0.3 is 4.74 Å². The molecular weight excluding hydrogens is 348 g/mol. The SMILES string of the molecule is C#C[C@@]1(OC(C)=O)CC[C@]2(C)C3CC[C@@]4(C)C(CC[C@@H]4C(C)=O)C3CC[C@H]2C1. The number of terminal acetylenes is 1. The lowest BCUT2D eigenvalue weighted by molar-refractivity contribution is -0.171. The summed E-state index contributed by atoms with van der Waals surface area (Å²) in [4.78, 5) is 23.9. The summed E-state index contributed by atoms with van der Waals surface area (Å²) in [6.45, 7) is 8.17. The van der Waals surface area contributed by atoms with Gasteiger partial charge in [-0.3, -0.25) is 9.59 Å². The van der Waals surface area contributed by atoms with Crippen LogP contribution in [0, 0.1) is 52.8 Å². The van der Waals surface area contributed by atoms with Gasteiger partial charge >= 0.3 is 5.97 Å². The molecule has 0 aromatic rings. The summed E-state index contributed by atoms with van der Waals surface area (Å²) < 4.78 is 5.67. The van der Waals surface area contributed by atoms with Crippen LogP contribution < -0.4 is 0 Å². The molecule has 4 saturated carbocycles. The van der Waals surface area contributed by atoms with Crippen LogP contribution in [0.25, 0.3) is 0 Å². The first-order chi connectivity index (χ1) is 13.2. The third-order valence-corrected chi connectivity index (χ3v) is 9.80. The Morgan fingerprint density at radius 1 is 0.929 bits per heavy atom. The molecule has 0 saturated heterocycles. The molecular formula is C25H36O3. The van der Waals surface area contributed by atoms with Crippen LogP contribution in [0.2, 0.25) is 0 Å². The van der Waals surface area contributed by atoms with Gasteiger partial charge in [0.15, 0.2) is 5.60 Å². The molecule has 4 aliphatic rings. The van der Waals surface area contributed by atoms with Crippen molar-refractivity contribution in [2.24, 2.45) is 40.4 Å². The average Bonchev–Trinajstić information content (AvgIpc) is 2.99. The molecule has 4 rings (SSSR count). The van der Waals surface area contributed by atoms with Gasteiger partial charge in [0.1, 0.15) is 5.78 Å². The number of fused-ring (bicyclic) bond motifs is 5. The molecule has 0 bridgehead atoms. The number of carbonyl (C=O) groups excluding carboxylic acids is 2. The maximum atomic E-state index is 12.3. The quantitative estimate of drug-likeness (QED) is 0.487. The van der Waals surface area contributed by atoms with Crippen LogP contribution in [0.3, 0.4) is 0 Å². The Labute approximate surface area is 170 Å². The van der Waals surface area contributed by atoms with Gasteiger partial charge in [-0.2, -0.15) is 0 Å². The molecule has 0 aliphatic heterocycles.